The molecule has 3 aromatic carbocycles. The molecule has 0 atom stereocenters. The van der Waals surface area contributed by atoms with Gasteiger partial charge in [-0.2, -0.15) is 0 Å². The minimum Gasteiger partial charge on any atom is -0.324 e. The van der Waals surface area contributed by atoms with Crippen molar-refractivity contribution in [3.63, 3.8) is 0 Å². The zero-order chi connectivity index (χ0) is 36.7. The quantitative estimate of drug-likeness (QED) is 0.185. The topological polar surface area (TPSA) is 101 Å². The maximum Gasteiger partial charge on any atom is 0.265 e. The molecule has 2 aliphatic rings. The maximum absolute atomic E-state index is 14.4. The van der Waals surface area contributed by atoms with Crippen LogP contribution in [-0.4, -0.2) is 113 Å². The van der Waals surface area contributed by atoms with Gasteiger partial charge in [0.2, 0.25) is 5.95 Å². The molecular weight excluding hydrogens is 663 g/mol. The first kappa shape index (κ1) is 36.0. The number of hydrogen-bond acceptors (Lipinski definition) is 10. The molecule has 2 saturated heterocycles. The Bertz CT molecular complexity index is 1930. The predicted molar refractivity (Wildman–Crippen MR) is 209 cm³/mol. The first-order chi connectivity index (χ1) is 25.8. The Morgan fingerprint density at radius 1 is 0.698 bits per heavy atom. The number of rotatable bonds is 10. The summed E-state index contributed by atoms with van der Waals surface area (Å²) in [6.45, 7) is 11.8. The van der Waals surface area contributed by atoms with Crippen LogP contribution >= 0.6 is 0 Å². The van der Waals surface area contributed by atoms with Crippen molar-refractivity contribution < 1.29 is 9.59 Å². The lowest BCUT2D eigenvalue weighted by atomic mass is 10.1. The lowest BCUT2D eigenvalue weighted by molar-refractivity contribution is 0.0897. The molecule has 4 heterocycles. The largest absolute Gasteiger partial charge is 0.324 e. The zero-order valence-electron chi connectivity index (χ0n) is 30.8. The van der Waals surface area contributed by atoms with Gasteiger partial charge in [-0.1, -0.05) is 30.3 Å². The van der Waals surface area contributed by atoms with E-state index in [1.54, 1.807) is 18.6 Å². The van der Waals surface area contributed by atoms with Gasteiger partial charge in [0.05, 0.1) is 11.4 Å². The van der Waals surface area contributed by atoms with E-state index in [9.17, 15) is 9.59 Å². The van der Waals surface area contributed by atoms with Crippen molar-refractivity contribution in [3.05, 3.63) is 131 Å². The van der Waals surface area contributed by atoms with Crippen molar-refractivity contribution in [1.82, 2.24) is 34.6 Å². The molecular formula is C42H47N9O2. The number of imide groups is 1. The molecule has 2 amide bonds. The van der Waals surface area contributed by atoms with Crippen LogP contribution in [0.25, 0.3) is 11.3 Å². The van der Waals surface area contributed by atoms with Crippen LogP contribution in [0, 0.1) is 6.92 Å². The maximum atomic E-state index is 14.4. The van der Waals surface area contributed by atoms with Crippen molar-refractivity contribution in [2.24, 2.45) is 0 Å². The molecule has 0 aliphatic carbocycles. The molecule has 272 valence electrons. The number of pyridine rings is 1. The molecule has 1 N–H and O–H groups in total. The summed E-state index contributed by atoms with van der Waals surface area (Å²) < 4.78 is 0. The van der Waals surface area contributed by atoms with E-state index in [2.05, 4.69) is 49.0 Å². The summed E-state index contributed by atoms with van der Waals surface area (Å²) in [6, 6.07) is 26.5. The Balaban J connectivity index is 1.16. The summed E-state index contributed by atoms with van der Waals surface area (Å²) in [7, 11) is 4.30. The van der Waals surface area contributed by atoms with E-state index in [4.69, 9.17) is 4.98 Å². The number of likely N-dealkylation sites (N-methyl/N-ethyl adjacent to an activating group) is 2. The van der Waals surface area contributed by atoms with E-state index < -0.39 is 11.8 Å². The molecule has 0 spiro atoms. The molecule has 0 unspecified atom stereocenters. The van der Waals surface area contributed by atoms with Gasteiger partial charge < -0.3 is 15.1 Å². The summed E-state index contributed by atoms with van der Waals surface area (Å²) >= 11 is 0. The molecule has 2 fully saturated rings. The Hall–Kier alpha value is -5.33. The number of amides is 2. The number of carbonyl (C=O) groups is 2. The fourth-order valence-electron chi connectivity index (χ4n) is 6.72. The third-order valence-electron chi connectivity index (χ3n) is 10.2. The van der Waals surface area contributed by atoms with Crippen molar-refractivity contribution >= 4 is 29.1 Å². The number of aryl methyl sites for hydroxylation is 1. The molecule has 0 radical (unpaired) electrons. The molecule has 2 aromatic heterocycles. The van der Waals surface area contributed by atoms with Crippen LogP contribution in [0.2, 0.25) is 0 Å². The lowest BCUT2D eigenvalue weighted by Crippen LogP contribution is -2.43. The Labute approximate surface area is 311 Å². The minimum atomic E-state index is -0.396. The van der Waals surface area contributed by atoms with Crippen molar-refractivity contribution in [3.8, 4) is 11.3 Å². The third-order valence-corrected chi connectivity index (χ3v) is 10.2. The van der Waals surface area contributed by atoms with E-state index in [-0.39, 0.29) is 0 Å². The highest BCUT2D eigenvalue weighted by atomic mass is 16.2. The Kier molecular flexibility index (Phi) is 11.3. The number of piperazine rings is 2. The summed E-state index contributed by atoms with van der Waals surface area (Å²) in [5, 5.41) is 3.33. The minimum absolute atomic E-state index is 0.391. The number of hydrogen-bond donors (Lipinski definition) is 1. The summed E-state index contributed by atoms with van der Waals surface area (Å²) in [5.74, 6) is -0.401. The Morgan fingerprint density at radius 3 is 1.79 bits per heavy atom. The fourth-order valence-corrected chi connectivity index (χ4v) is 6.72. The zero-order valence-corrected chi connectivity index (χ0v) is 30.8. The lowest BCUT2D eigenvalue weighted by Gasteiger charge is -2.32. The van der Waals surface area contributed by atoms with E-state index in [1.165, 1.54) is 4.90 Å². The molecule has 11 heteroatoms. The summed E-state index contributed by atoms with van der Waals surface area (Å²) in [5.41, 5.74) is 6.78. The number of anilines is 3. The van der Waals surface area contributed by atoms with E-state index in [1.807, 2.05) is 91.9 Å². The number of nitrogens with zero attached hydrogens (tertiary/aromatic N) is 8. The van der Waals surface area contributed by atoms with Crippen LogP contribution in [-0.2, 0) is 13.1 Å². The predicted octanol–water partition coefficient (Wildman–Crippen LogP) is 5.57. The van der Waals surface area contributed by atoms with Crippen molar-refractivity contribution in [2.75, 3.05) is 76.7 Å². The second kappa shape index (κ2) is 16.6. The average Bonchev–Trinajstić information content (AvgIpc) is 3.19. The average molecular weight is 710 g/mol. The van der Waals surface area contributed by atoms with Crippen LogP contribution in [0.3, 0.4) is 0 Å². The first-order valence-corrected chi connectivity index (χ1v) is 18.3. The van der Waals surface area contributed by atoms with E-state index >= 15 is 0 Å². The van der Waals surface area contributed by atoms with Crippen LogP contribution in [0.1, 0.15) is 37.4 Å². The second-order valence-electron chi connectivity index (χ2n) is 14.1. The highest BCUT2D eigenvalue weighted by molar-refractivity contribution is 6.25. The van der Waals surface area contributed by atoms with Gasteiger partial charge in [0, 0.05) is 106 Å². The monoisotopic (exact) mass is 709 g/mol. The van der Waals surface area contributed by atoms with Crippen LogP contribution in [0.15, 0.2) is 104 Å². The van der Waals surface area contributed by atoms with Gasteiger partial charge in [-0.3, -0.25) is 24.4 Å². The molecule has 11 nitrogen and oxygen atoms in total. The highest BCUT2D eigenvalue weighted by Gasteiger charge is 2.27. The normalized spacial score (nSPS) is 16.0. The number of nitrogens with one attached hydrogen (secondary N) is 1. The molecule has 5 aromatic rings. The number of aromatic nitrogens is 3. The van der Waals surface area contributed by atoms with Gasteiger partial charge in [-0.25, -0.2) is 14.9 Å². The third kappa shape index (κ3) is 9.01. The summed E-state index contributed by atoms with van der Waals surface area (Å²) in [4.78, 5) is 53.0. The summed E-state index contributed by atoms with van der Waals surface area (Å²) in [6.07, 6.45) is 5.17. The van der Waals surface area contributed by atoms with Gasteiger partial charge in [-0.05, 0) is 92.3 Å². The fraction of sp³-hybridized carbons (Fsp3) is 0.310. The van der Waals surface area contributed by atoms with Crippen molar-refractivity contribution in [1.29, 1.82) is 0 Å². The van der Waals surface area contributed by atoms with Crippen LogP contribution in [0.4, 0.5) is 17.3 Å². The van der Waals surface area contributed by atoms with Gasteiger partial charge in [0.15, 0.2) is 0 Å². The SMILES string of the molecule is Cc1ccc(N(C(=O)c2ccc(CN3CCN(C)CC3)cc2)C(=O)c2ccc(CN3CCN(C)CC3)cc2)cc1Nc1nccc(-c2cccnc2)n1. The van der Waals surface area contributed by atoms with Gasteiger partial charge >= 0.3 is 0 Å². The van der Waals surface area contributed by atoms with Gasteiger partial charge in [0.25, 0.3) is 11.8 Å². The smallest absolute Gasteiger partial charge is 0.265 e. The number of carbonyl (C=O) groups excluding carboxylic acids is 2. The van der Waals surface area contributed by atoms with E-state index in [0.29, 0.717) is 28.5 Å². The molecule has 7 rings (SSSR count). The van der Waals surface area contributed by atoms with Crippen LogP contribution in [0.5, 0.6) is 0 Å². The second-order valence-corrected chi connectivity index (χ2v) is 14.1. The van der Waals surface area contributed by atoms with Gasteiger partial charge in [0.1, 0.15) is 0 Å². The Morgan fingerprint density at radius 2 is 1.26 bits per heavy atom. The molecule has 0 saturated carbocycles. The van der Waals surface area contributed by atoms with E-state index in [0.717, 1.165) is 93.4 Å². The van der Waals surface area contributed by atoms with Crippen LogP contribution < -0.4 is 10.2 Å². The van der Waals surface area contributed by atoms with Gasteiger partial charge in [-0.15, -0.1) is 0 Å². The first-order valence-electron chi connectivity index (χ1n) is 18.3. The standard InChI is InChI=1S/C42H47N9O2/c1-31-6-15-37(27-39(31)46-42-44-18-16-38(45-42)36-5-4-17-43-28-36)51(40(52)34-11-7-32(8-12-34)29-49-23-19-47(2)20-24-49)41(53)35-13-9-33(10-14-35)30-50-25-21-48(3)22-26-50/h4-18,27-28H,19-26,29-30H2,1-3H3,(H,44,45,46). The molecule has 0 bridgehead atoms. The molecule has 53 heavy (non-hydrogen) atoms. The highest BCUT2D eigenvalue weighted by Crippen LogP contribution is 2.29. The van der Waals surface area contributed by atoms with Crippen molar-refractivity contribution in [2.45, 2.75) is 20.0 Å². The number of benzene rings is 3. The molecule has 2 aliphatic heterocycles.